The van der Waals surface area contributed by atoms with E-state index in [9.17, 15) is 13.2 Å². The van der Waals surface area contributed by atoms with Crippen molar-refractivity contribution < 1.29 is 17.4 Å². The van der Waals surface area contributed by atoms with E-state index in [1.54, 1.807) is 25.2 Å². The summed E-state index contributed by atoms with van der Waals surface area (Å²) in [5.74, 6) is -0.117. The Balaban J connectivity index is 1.97. The number of amides is 1. The van der Waals surface area contributed by atoms with Crippen molar-refractivity contribution in [1.29, 1.82) is 5.26 Å². The molecule has 0 aromatic heterocycles. The second kappa shape index (κ2) is 5.41. The van der Waals surface area contributed by atoms with Gasteiger partial charge in [-0.25, -0.2) is 0 Å². The molecular formula is C16H12N2O4S. The van der Waals surface area contributed by atoms with Crippen molar-refractivity contribution in [3.05, 3.63) is 53.6 Å². The van der Waals surface area contributed by atoms with E-state index in [0.717, 1.165) is 0 Å². The van der Waals surface area contributed by atoms with Crippen LogP contribution in [-0.2, 0) is 21.3 Å². The van der Waals surface area contributed by atoms with Crippen LogP contribution in [0.3, 0.4) is 0 Å². The van der Waals surface area contributed by atoms with Gasteiger partial charge in [-0.3, -0.25) is 4.79 Å². The summed E-state index contributed by atoms with van der Waals surface area (Å²) >= 11 is 0. The number of anilines is 1. The lowest BCUT2D eigenvalue weighted by Crippen LogP contribution is -2.20. The van der Waals surface area contributed by atoms with Gasteiger partial charge in [-0.15, -0.1) is 0 Å². The summed E-state index contributed by atoms with van der Waals surface area (Å²) in [6, 6.07) is 12.4. The first kappa shape index (κ1) is 15.1. The maximum absolute atomic E-state index is 12.4. The summed E-state index contributed by atoms with van der Waals surface area (Å²) < 4.78 is 29.9. The molecule has 0 aliphatic carbocycles. The maximum atomic E-state index is 12.4. The molecule has 0 atom stereocenters. The van der Waals surface area contributed by atoms with Gasteiger partial charge in [0, 0.05) is 12.7 Å². The van der Waals surface area contributed by atoms with E-state index in [1.807, 2.05) is 6.07 Å². The zero-order chi connectivity index (χ0) is 16.6. The molecule has 0 radical (unpaired) electrons. The highest BCUT2D eigenvalue weighted by Gasteiger charge is 2.27. The molecule has 0 saturated heterocycles. The molecule has 6 nitrogen and oxygen atoms in total. The Morgan fingerprint density at radius 2 is 1.96 bits per heavy atom. The largest absolute Gasteiger partial charge is 0.378 e. The minimum absolute atomic E-state index is 0.0244. The summed E-state index contributed by atoms with van der Waals surface area (Å²) in [6.45, 7) is 0. The van der Waals surface area contributed by atoms with Crippen LogP contribution < -0.4 is 9.08 Å². The van der Waals surface area contributed by atoms with Crippen molar-refractivity contribution in [2.24, 2.45) is 0 Å². The van der Waals surface area contributed by atoms with Crippen LogP contribution in [0.4, 0.5) is 5.69 Å². The highest BCUT2D eigenvalue weighted by Crippen LogP contribution is 2.31. The van der Waals surface area contributed by atoms with Crippen molar-refractivity contribution in [1.82, 2.24) is 0 Å². The van der Waals surface area contributed by atoms with Gasteiger partial charge in [-0.05, 0) is 35.9 Å². The first-order chi connectivity index (χ1) is 10.9. The van der Waals surface area contributed by atoms with E-state index in [4.69, 9.17) is 9.44 Å². The van der Waals surface area contributed by atoms with Crippen LogP contribution in [0.2, 0.25) is 0 Å². The number of fused-ring (bicyclic) bond motifs is 1. The lowest BCUT2D eigenvalue weighted by molar-refractivity contribution is -0.117. The van der Waals surface area contributed by atoms with E-state index >= 15 is 0 Å². The van der Waals surface area contributed by atoms with Crippen molar-refractivity contribution in [2.45, 2.75) is 11.3 Å². The summed E-state index contributed by atoms with van der Waals surface area (Å²) in [5.41, 5.74) is 1.45. The topological polar surface area (TPSA) is 87.5 Å². The van der Waals surface area contributed by atoms with Gasteiger partial charge in [0.25, 0.3) is 0 Å². The standard InChI is InChI=1S/C16H12N2O4S/c1-18-14-7-6-13(8-12(14)9-16(18)19)23(20,21)22-15-5-3-2-4-11(15)10-17/h2-8H,9H2,1H3. The molecule has 0 bridgehead atoms. The van der Waals surface area contributed by atoms with E-state index in [-0.39, 0.29) is 28.5 Å². The van der Waals surface area contributed by atoms with Crippen LogP contribution in [0, 0.1) is 11.3 Å². The Bertz CT molecular complexity index is 945. The molecule has 1 aliphatic rings. The Morgan fingerprint density at radius 1 is 1.22 bits per heavy atom. The van der Waals surface area contributed by atoms with Gasteiger partial charge in [0.1, 0.15) is 11.0 Å². The van der Waals surface area contributed by atoms with Crippen molar-refractivity contribution in [3.8, 4) is 11.8 Å². The Hall–Kier alpha value is -2.85. The number of carbonyl (C=O) groups is 1. The number of nitriles is 1. The molecule has 2 aromatic rings. The van der Waals surface area contributed by atoms with Crippen molar-refractivity contribution >= 4 is 21.7 Å². The summed E-state index contributed by atoms with van der Waals surface area (Å²) in [7, 11) is -2.44. The number of carbonyl (C=O) groups excluding carboxylic acids is 1. The van der Waals surface area contributed by atoms with Gasteiger partial charge in [-0.1, -0.05) is 12.1 Å². The SMILES string of the molecule is CN1C(=O)Cc2cc(S(=O)(=O)Oc3ccccc3C#N)ccc21. The molecule has 1 amide bonds. The Kier molecular flexibility index (Phi) is 3.54. The van der Waals surface area contributed by atoms with E-state index in [1.165, 1.54) is 29.2 Å². The minimum atomic E-state index is -4.08. The third kappa shape index (κ3) is 2.64. The lowest BCUT2D eigenvalue weighted by atomic mass is 10.2. The Labute approximate surface area is 133 Å². The van der Waals surface area contributed by atoms with Crippen molar-refractivity contribution in [2.75, 3.05) is 11.9 Å². The van der Waals surface area contributed by atoms with Crippen LogP contribution in [0.15, 0.2) is 47.4 Å². The van der Waals surface area contributed by atoms with Crippen LogP contribution in [0.5, 0.6) is 5.75 Å². The fraction of sp³-hybridized carbons (Fsp3) is 0.125. The van der Waals surface area contributed by atoms with Gasteiger partial charge in [0.15, 0.2) is 5.75 Å². The van der Waals surface area contributed by atoms with Gasteiger partial charge in [0.05, 0.1) is 12.0 Å². The molecule has 0 N–H and O–H groups in total. The fourth-order valence-electron chi connectivity index (χ4n) is 2.40. The second-order valence-corrected chi connectivity index (χ2v) is 6.61. The first-order valence-electron chi connectivity index (χ1n) is 6.75. The van der Waals surface area contributed by atoms with Gasteiger partial charge >= 0.3 is 10.1 Å². The molecular weight excluding hydrogens is 316 g/mol. The highest BCUT2D eigenvalue weighted by molar-refractivity contribution is 7.87. The van der Waals surface area contributed by atoms with Crippen LogP contribution in [0.1, 0.15) is 11.1 Å². The molecule has 0 unspecified atom stereocenters. The molecule has 0 fully saturated rings. The van der Waals surface area contributed by atoms with Gasteiger partial charge < -0.3 is 9.08 Å². The quantitative estimate of drug-likeness (QED) is 0.802. The summed E-state index contributed by atoms with van der Waals surface area (Å²) in [6.07, 6.45) is 0.157. The highest BCUT2D eigenvalue weighted by atomic mass is 32.2. The Morgan fingerprint density at radius 3 is 2.70 bits per heavy atom. The smallest absolute Gasteiger partial charge is 0.339 e. The number of likely N-dealkylation sites (N-methyl/N-ethyl adjacent to an activating group) is 1. The van der Waals surface area contributed by atoms with Crippen molar-refractivity contribution in [3.63, 3.8) is 0 Å². The predicted molar refractivity (Wildman–Crippen MR) is 82.5 cm³/mol. The van der Waals surface area contributed by atoms with Crippen LogP contribution >= 0.6 is 0 Å². The molecule has 116 valence electrons. The zero-order valence-electron chi connectivity index (χ0n) is 12.2. The number of rotatable bonds is 3. The average Bonchev–Trinajstić information content (AvgIpc) is 2.82. The lowest BCUT2D eigenvalue weighted by Gasteiger charge is -2.11. The summed E-state index contributed by atoms with van der Waals surface area (Å²) in [4.78, 5) is 13.1. The number of nitrogens with zero attached hydrogens (tertiary/aromatic N) is 2. The van der Waals surface area contributed by atoms with E-state index < -0.39 is 10.1 Å². The molecule has 3 rings (SSSR count). The fourth-order valence-corrected chi connectivity index (χ4v) is 3.40. The van der Waals surface area contributed by atoms with Crippen LogP contribution in [-0.4, -0.2) is 21.4 Å². The van der Waals surface area contributed by atoms with Gasteiger partial charge in [0.2, 0.25) is 5.91 Å². The average molecular weight is 328 g/mol. The summed E-state index contributed by atoms with van der Waals surface area (Å²) in [5, 5.41) is 9.00. The first-order valence-corrected chi connectivity index (χ1v) is 8.16. The number of benzene rings is 2. The molecule has 1 aliphatic heterocycles. The van der Waals surface area contributed by atoms with Gasteiger partial charge in [-0.2, -0.15) is 13.7 Å². The van der Waals surface area contributed by atoms with E-state index in [2.05, 4.69) is 0 Å². The van der Waals surface area contributed by atoms with E-state index in [0.29, 0.717) is 11.3 Å². The zero-order valence-corrected chi connectivity index (χ0v) is 13.0. The molecule has 7 heteroatoms. The molecule has 23 heavy (non-hydrogen) atoms. The number of hydrogen-bond acceptors (Lipinski definition) is 5. The third-order valence-electron chi connectivity index (χ3n) is 3.62. The van der Waals surface area contributed by atoms with Crippen LogP contribution in [0.25, 0.3) is 0 Å². The molecule has 0 saturated carbocycles. The monoisotopic (exact) mass is 328 g/mol. The number of para-hydroxylation sites is 1. The molecule has 0 spiro atoms. The normalized spacial score (nSPS) is 13.6. The maximum Gasteiger partial charge on any atom is 0.339 e. The molecule has 2 aromatic carbocycles. The predicted octanol–water partition coefficient (Wildman–Crippen LogP) is 1.84. The second-order valence-electron chi connectivity index (χ2n) is 5.07. The third-order valence-corrected chi connectivity index (χ3v) is 4.85. The minimum Gasteiger partial charge on any atom is -0.378 e. The number of hydrogen-bond donors (Lipinski definition) is 0. The molecule has 1 heterocycles.